The Labute approximate surface area is 146 Å². The molecule has 134 valence electrons. The normalized spacial score (nSPS) is 20.0. The van der Waals surface area contributed by atoms with Gasteiger partial charge in [-0.15, -0.1) is 0 Å². The number of hydrogen-bond donors (Lipinski definition) is 2. The van der Waals surface area contributed by atoms with Gasteiger partial charge in [0, 0.05) is 13.2 Å². The average Bonchev–Trinajstić information content (AvgIpc) is 2.87. The molecule has 2 aliphatic rings. The Hall–Kier alpha value is -2.41. The van der Waals surface area contributed by atoms with Crippen molar-refractivity contribution in [2.45, 2.75) is 32.4 Å². The van der Waals surface area contributed by atoms with Gasteiger partial charge in [0.25, 0.3) is 5.91 Å². The summed E-state index contributed by atoms with van der Waals surface area (Å²) in [5, 5.41) is 5.47. The maximum atomic E-state index is 13.2. The molecule has 1 aromatic carbocycles. The van der Waals surface area contributed by atoms with Gasteiger partial charge in [0.2, 0.25) is 0 Å². The van der Waals surface area contributed by atoms with Gasteiger partial charge in [0.05, 0.1) is 30.0 Å². The van der Waals surface area contributed by atoms with Gasteiger partial charge in [0.1, 0.15) is 5.82 Å². The fraction of sp³-hybridized carbons (Fsp3) is 0.444. The zero-order chi connectivity index (χ0) is 18.0. The van der Waals surface area contributed by atoms with Crippen LogP contribution in [0, 0.1) is 5.82 Å². The molecule has 0 bridgehead atoms. The molecule has 2 N–H and O–H groups in total. The number of amides is 3. The first-order chi connectivity index (χ1) is 12.0. The van der Waals surface area contributed by atoms with E-state index in [0.29, 0.717) is 36.5 Å². The third kappa shape index (κ3) is 3.82. The molecule has 2 heterocycles. The molecule has 7 heteroatoms. The lowest BCUT2D eigenvalue weighted by Gasteiger charge is -2.25. The summed E-state index contributed by atoms with van der Waals surface area (Å²) in [6.07, 6.45) is 0.888. The van der Waals surface area contributed by atoms with Crippen LogP contribution < -0.4 is 10.6 Å². The standard InChI is InChI=1S/C18H22FN3O3/c1-11(2)25-9-3-8-22-10-14-15(17(22)23)16(21-18(24)20-14)12-4-6-13(19)7-5-12/h4-7,11,16H,3,8-10H2,1-2H3,(H2,20,21,24)/t16-/m0/s1. The van der Waals surface area contributed by atoms with E-state index in [9.17, 15) is 14.0 Å². The highest BCUT2D eigenvalue weighted by molar-refractivity contribution is 6.01. The van der Waals surface area contributed by atoms with Crippen LogP contribution in [-0.4, -0.2) is 42.6 Å². The van der Waals surface area contributed by atoms with Gasteiger partial charge in [-0.25, -0.2) is 9.18 Å². The van der Waals surface area contributed by atoms with Gasteiger partial charge in [-0.2, -0.15) is 0 Å². The van der Waals surface area contributed by atoms with Crippen LogP contribution in [0.4, 0.5) is 9.18 Å². The van der Waals surface area contributed by atoms with Crippen LogP contribution in [0.25, 0.3) is 0 Å². The number of benzene rings is 1. The highest BCUT2D eigenvalue weighted by Crippen LogP contribution is 2.32. The van der Waals surface area contributed by atoms with Crippen LogP contribution >= 0.6 is 0 Å². The molecule has 0 unspecified atom stereocenters. The SMILES string of the molecule is CC(C)OCCCN1CC2=C(C1=O)[C@H](c1ccc(F)cc1)NC(=O)N2. The summed E-state index contributed by atoms with van der Waals surface area (Å²) in [5.74, 6) is -0.468. The maximum Gasteiger partial charge on any atom is 0.319 e. The number of nitrogens with zero attached hydrogens (tertiary/aromatic N) is 1. The topological polar surface area (TPSA) is 70.7 Å². The van der Waals surface area contributed by atoms with Crippen molar-refractivity contribution in [2.24, 2.45) is 0 Å². The molecule has 0 aliphatic carbocycles. The van der Waals surface area contributed by atoms with Crippen molar-refractivity contribution in [2.75, 3.05) is 19.7 Å². The summed E-state index contributed by atoms with van der Waals surface area (Å²) < 4.78 is 18.7. The van der Waals surface area contributed by atoms with Crippen LogP contribution in [0.3, 0.4) is 0 Å². The lowest BCUT2D eigenvalue weighted by molar-refractivity contribution is -0.126. The van der Waals surface area contributed by atoms with Gasteiger partial charge in [0.15, 0.2) is 0 Å². The van der Waals surface area contributed by atoms with E-state index < -0.39 is 6.04 Å². The van der Waals surface area contributed by atoms with E-state index >= 15 is 0 Å². The maximum absolute atomic E-state index is 13.2. The summed E-state index contributed by atoms with van der Waals surface area (Å²) in [6, 6.07) is 4.90. The lowest BCUT2D eigenvalue weighted by atomic mass is 9.96. The first kappa shape index (κ1) is 17.4. The smallest absolute Gasteiger partial charge is 0.319 e. The van der Waals surface area contributed by atoms with Gasteiger partial charge in [-0.3, -0.25) is 4.79 Å². The van der Waals surface area contributed by atoms with Crippen LogP contribution in [0.15, 0.2) is 35.5 Å². The highest BCUT2D eigenvalue weighted by Gasteiger charge is 2.40. The molecule has 0 fully saturated rings. The molecule has 1 aromatic rings. The first-order valence-corrected chi connectivity index (χ1v) is 8.42. The van der Waals surface area contributed by atoms with E-state index in [4.69, 9.17) is 4.74 Å². The number of hydrogen-bond acceptors (Lipinski definition) is 3. The van der Waals surface area contributed by atoms with Crippen LogP contribution in [0.2, 0.25) is 0 Å². The lowest BCUT2D eigenvalue weighted by Crippen LogP contribution is -2.44. The zero-order valence-corrected chi connectivity index (χ0v) is 14.3. The zero-order valence-electron chi connectivity index (χ0n) is 14.3. The Kier molecular flexibility index (Phi) is 5.03. The minimum absolute atomic E-state index is 0.110. The number of rotatable bonds is 6. The molecule has 3 rings (SSSR count). The van der Waals surface area contributed by atoms with Gasteiger partial charge in [-0.1, -0.05) is 12.1 Å². The van der Waals surface area contributed by atoms with Crippen molar-refractivity contribution >= 4 is 11.9 Å². The van der Waals surface area contributed by atoms with Crippen molar-refractivity contribution in [3.63, 3.8) is 0 Å². The van der Waals surface area contributed by atoms with E-state index in [2.05, 4.69) is 10.6 Å². The predicted molar refractivity (Wildman–Crippen MR) is 90.1 cm³/mol. The Morgan fingerprint density at radius 3 is 2.68 bits per heavy atom. The van der Waals surface area contributed by atoms with E-state index in [-0.39, 0.29) is 23.9 Å². The molecule has 6 nitrogen and oxygen atoms in total. The Bertz CT molecular complexity index is 700. The van der Waals surface area contributed by atoms with Crippen molar-refractivity contribution < 1.29 is 18.7 Å². The van der Waals surface area contributed by atoms with Crippen LogP contribution in [-0.2, 0) is 9.53 Å². The minimum atomic E-state index is -0.561. The molecular formula is C18H22FN3O3. The van der Waals surface area contributed by atoms with E-state index in [1.54, 1.807) is 17.0 Å². The van der Waals surface area contributed by atoms with E-state index in [0.717, 1.165) is 6.42 Å². The molecule has 3 amide bonds. The van der Waals surface area contributed by atoms with Crippen molar-refractivity contribution in [1.29, 1.82) is 0 Å². The fourth-order valence-corrected chi connectivity index (χ4v) is 3.09. The number of ether oxygens (including phenoxy) is 1. The minimum Gasteiger partial charge on any atom is -0.379 e. The number of urea groups is 1. The molecule has 0 saturated carbocycles. The summed E-state index contributed by atoms with van der Waals surface area (Å²) in [7, 11) is 0. The summed E-state index contributed by atoms with van der Waals surface area (Å²) in [5.41, 5.74) is 1.82. The van der Waals surface area contributed by atoms with Crippen molar-refractivity contribution in [3.8, 4) is 0 Å². The number of carbonyl (C=O) groups excluding carboxylic acids is 2. The highest BCUT2D eigenvalue weighted by atomic mass is 19.1. The predicted octanol–water partition coefficient (Wildman–Crippen LogP) is 2.09. The average molecular weight is 347 g/mol. The Morgan fingerprint density at radius 2 is 2.00 bits per heavy atom. The molecule has 25 heavy (non-hydrogen) atoms. The second-order valence-corrected chi connectivity index (χ2v) is 6.48. The Balaban J connectivity index is 1.73. The van der Waals surface area contributed by atoms with Crippen molar-refractivity contribution in [1.82, 2.24) is 15.5 Å². The number of nitrogens with one attached hydrogen (secondary N) is 2. The van der Waals surface area contributed by atoms with Gasteiger partial charge in [-0.05, 0) is 38.0 Å². The molecule has 0 spiro atoms. The molecule has 0 radical (unpaired) electrons. The molecule has 1 atom stereocenters. The van der Waals surface area contributed by atoms with E-state index in [1.807, 2.05) is 13.8 Å². The first-order valence-electron chi connectivity index (χ1n) is 8.42. The van der Waals surface area contributed by atoms with Gasteiger partial charge >= 0.3 is 6.03 Å². The quantitative estimate of drug-likeness (QED) is 0.774. The van der Waals surface area contributed by atoms with Gasteiger partial charge < -0.3 is 20.3 Å². The van der Waals surface area contributed by atoms with Crippen molar-refractivity contribution in [3.05, 3.63) is 46.9 Å². The Morgan fingerprint density at radius 1 is 1.28 bits per heavy atom. The molecule has 2 aliphatic heterocycles. The third-order valence-electron chi connectivity index (χ3n) is 4.25. The fourth-order valence-electron chi connectivity index (χ4n) is 3.09. The second kappa shape index (κ2) is 7.23. The monoisotopic (exact) mass is 347 g/mol. The van der Waals surface area contributed by atoms with Crippen LogP contribution in [0.1, 0.15) is 31.9 Å². The van der Waals surface area contributed by atoms with E-state index in [1.165, 1.54) is 12.1 Å². The largest absolute Gasteiger partial charge is 0.379 e. The third-order valence-corrected chi connectivity index (χ3v) is 4.25. The second-order valence-electron chi connectivity index (χ2n) is 6.48. The molecular weight excluding hydrogens is 325 g/mol. The summed E-state index contributed by atoms with van der Waals surface area (Å²) in [4.78, 5) is 26.4. The number of carbonyl (C=O) groups is 2. The molecule has 0 saturated heterocycles. The van der Waals surface area contributed by atoms with Crippen LogP contribution in [0.5, 0.6) is 0 Å². The molecule has 0 aromatic heterocycles. The number of halogens is 1. The summed E-state index contributed by atoms with van der Waals surface area (Å²) >= 11 is 0. The summed E-state index contributed by atoms with van der Waals surface area (Å²) in [6.45, 7) is 5.45.